The van der Waals surface area contributed by atoms with Crippen LogP contribution in [0.2, 0.25) is 0 Å². The van der Waals surface area contributed by atoms with Crippen molar-refractivity contribution in [1.82, 2.24) is 15.5 Å². The van der Waals surface area contributed by atoms with Crippen LogP contribution >= 0.6 is 0 Å². The molecule has 1 spiro atoms. The molecule has 8 nitrogen and oxygen atoms in total. The van der Waals surface area contributed by atoms with Gasteiger partial charge in [0.2, 0.25) is 17.7 Å². The fraction of sp³-hybridized carbons (Fsp3) is 0.591. The van der Waals surface area contributed by atoms with Gasteiger partial charge in [-0.3, -0.25) is 14.4 Å². The number of hydrogen-bond donors (Lipinski definition) is 3. The summed E-state index contributed by atoms with van der Waals surface area (Å²) in [5, 5.41) is 14.8. The van der Waals surface area contributed by atoms with Gasteiger partial charge in [-0.25, -0.2) is 0 Å². The lowest BCUT2D eigenvalue weighted by Gasteiger charge is -2.33. The van der Waals surface area contributed by atoms with E-state index >= 15 is 0 Å². The number of nitrogens with zero attached hydrogens (tertiary/aromatic N) is 1. The van der Waals surface area contributed by atoms with Crippen LogP contribution in [0.3, 0.4) is 0 Å². The third-order valence-corrected chi connectivity index (χ3v) is 6.71. The molecule has 162 valence electrons. The van der Waals surface area contributed by atoms with E-state index in [-0.39, 0.29) is 30.4 Å². The van der Waals surface area contributed by atoms with Crippen LogP contribution in [-0.4, -0.2) is 65.7 Å². The van der Waals surface area contributed by atoms with Crippen LogP contribution in [0.5, 0.6) is 0 Å². The van der Waals surface area contributed by atoms with Crippen LogP contribution in [0.15, 0.2) is 30.3 Å². The molecule has 1 aromatic carbocycles. The van der Waals surface area contributed by atoms with Gasteiger partial charge < -0.3 is 25.4 Å². The lowest BCUT2D eigenvalue weighted by Crippen LogP contribution is -2.55. The summed E-state index contributed by atoms with van der Waals surface area (Å²) in [6.07, 6.45) is 2.04. The van der Waals surface area contributed by atoms with E-state index in [1.807, 2.05) is 30.3 Å². The largest absolute Gasteiger partial charge is 0.396 e. The molecule has 2 bridgehead atoms. The molecule has 5 atom stereocenters. The SMILES string of the molecule is CNC(=O)[C@@H]1[C@@H]2CCC3(O2)C(C(=O)NCc2ccccc2)N(CCCCO)C(=O)[C@H]13. The first kappa shape index (κ1) is 20.8. The molecule has 3 amide bonds. The number of carbonyl (C=O) groups is 3. The molecule has 3 N–H and O–H groups in total. The number of aliphatic hydroxyl groups excluding tert-OH is 1. The molecule has 3 saturated heterocycles. The highest BCUT2D eigenvalue weighted by atomic mass is 16.5. The Hall–Kier alpha value is -2.45. The van der Waals surface area contributed by atoms with Crippen LogP contribution in [0.1, 0.15) is 31.2 Å². The van der Waals surface area contributed by atoms with Crippen LogP contribution in [0, 0.1) is 11.8 Å². The van der Waals surface area contributed by atoms with E-state index in [0.29, 0.717) is 38.8 Å². The maximum atomic E-state index is 13.4. The summed E-state index contributed by atoms with van der Waals surface area (Å²) < 4.78 is 6.28. The lowest BCUT2D eigenvalue weighted by molar-refractivity contribution is -0.142. The van der Waals surface area contributed by atoms with Crippen molar-refractivity contribution in [2.75, 3.05) is 20.2 Å². The first-order valence-corrected chi connectivity index (χ1v) is 10.7. The quantitative estimate of drug-likeness (QED) is 0.526. The van der Waals surface area contributed by atoms with Gasteiger partial charge in [0.25, 0.3) is 0 Å². The van der Waals surface area contributed by atoms with Crippen LogP contribution < -0.4 is 10.6 Å². The Morgan fingerprint density at radius 2 is 2.00 bits per heavy atom. The van der Waals surface area contributed by atoms with Crippen molar-refractivity contribution in [2.24, 2.45) is 11.8 Å². The number of aliphatic hydroxyl groups is 1. The molecular formula is C22H29N3O5. The van der Waals surface area contributed by atoms with Crippen LogP contribution in [0.25, 0.3) is 0 Å². The third-order valence-electron chi connectivity index (χ3n) is 6.71. The maximum Gasteiger partial charge on any atom is 0.246 e. The van der Waals surface area contributed by atoms with E-state index in [4.69, 9.17) is 9.84 Å². The van der Waals surface area contributed by atoms with Gasteiger partial charge in [0, 0.05) is 26.7 Å². The van der Waals surface area contributed by atoms with Crippen molar-refractivity contribution in [2.45, 2.75) is 50.0 Å². The Labute approximate surface area is 176 Å². The Kier molecular flexibility index (Phi) is 5.79. The fourth-order valence-corrected chi connectivity index (χ4v) is 5.44. The average molecular weight is 415 g/mol. The van der Waals surface area contributed by atoms with Crippen LogP contribution in [-0.2, 0) is 25.7 Å². The highest BCUT2D eigenvalue weighted by Crippen LogP contribution is 2.58. The van der Waals surface area contributed by atoms with Crippen molar-refractivity contribution in [3.05, 3.63) is 35.9 Å². The van der Waals surface area contributed by atoms with Gasteiger partial charge in [-0.05, 0) is 31.2 Å². The zero-order valence-electron chi connectivity index (χ0n) is 17.2. The highest BCUT2D eigenvalue weighted by molar-refractivity contribution is 5.98. The first-order valence-electron chi connectivity index (χ1n) is 10.7. The lowest BCUT2D eigenvalue weighted by atomic mass is 9.70. The Morgan fingerprint density at radius 1 is 1.23 bits per heavy atom. The molecule has 8 heteroatoms. The Morgan fingerprint density at radius 3 is 2.70 bits per heavy atom. The summed E-state index contributed by atoms with van der Waals surface area (Å²) in [5.74, 6) is -1.86. The zero-order valence-corrected chi connectivity index (χ0v) is 17.2. The van der Waals surface area contributed by atoms with Crippen molar-refractivity contribution < 1.29 is 24.2 Å². The molecule has 3 heterocycles. The summed E-state index contributed by atoms with van der Waals surface area (Å²) in [6, 6.07) is 8.83. The molecule has 1 aromatic rings. The number of hydrogen-bond acceptors (Lipinski definition) is 5. The summed E-state index contributed by atoms with van der Waals surface area (Å²) in [6.45, 7) is 0.744. The Bertz CT molecular complexity index is 816. The fourth-order valence-electron chi connectivity index (χ4n) is 5.44. The second kappa shape index (κ2) is 8.35. The molecular weight excluding hydrogens is 386 g/mol. The summed E-state index contributed by atoms with van der Waals surface area (Å²) in [5.41, 5.74) is 0.00904. The minimum atomic E-state index is -0.959. The van der Waals surface area contributed by atoms with Crippen molar-refractivity contribution in [3.8, 4) is 0 Å². The minimum absolute atomic E-state index is 0.0287. The second-order valence-corrected chi connectivity index (χ2v) is 8.34. The van der Waals surface area contributed by atoms with Gasteiger partial charge >= 0.3 is 0 Å². The number of carbonyl (C=O) groups excluding carboxylic acids is 3. The van der Waals surface area contributed by atoms with Gasteiger partial charge in [-0.2, -0.15) is 0 Å². The number of ether oxygens (including phenoxy) is 1. The molecule has 0 radical (unpaired) electrons. The number of fused-ring (bicyclic) bond motifs is 1. The smallest absolute Gasteiger partial charge is 0.246 e. The third kappa shape index (κ3) is 3.28. The van der Waals surface area contributed by atoms with Crippen LogP contribution in [0.4, 0.5) is 0 Å². The first-order chi connectivity index (χ1) is 14.5. The number of likely N-dealkylation sites (tertiary alicyclic amines) is 1. The summed E-state index contributed by atoms with van der Waals surface area (Å²) >= 11 is 0. The van der Waals surface area contributed by atoms with Gasteiger partial charge in [0.1, 0.15) is 11.6 Å². The van der Waals surface area contributed by atoms with E-state index in [2.05, 4.69) is 10.6 Å². The van der Waals surface area contributed by atoms with Crippen molar-refractivity contribution in [1.29, 1.82) is 0 Å². The van der Waals surface area contributed by atoms with Gasteiger partial charge in [-0.1, -0.05) is 30.3 Å². The Balaban J connectivity index is 1.60. The molecule has 3 aliphatic heterocycles. The predicted molar refractivity (Wildman–Crippen MR) is 108 cm³/mol. The normalized spacial score (nSPS) is 31.7. The predicted octanol–water partition coefficient (Wildman–Crippen LogP) is 0.196. The second-order valence-electron chi connectivity index (χ2n) is 8.34. The zero-order chi connectivity index (χ0) is 21.3. The minimum Gasteiger partial charge on any atom is -0.396 e. The molecule has 3 aliphatic rings. The number of benzene rings is 1. The monoisotopic (exact) mass is 415 g/mol. The average Bonchev–Trinajstić information content (AvgIpc) is 3.40. The molecule has 0 saturated carbocycles. The summed E-state index contributed by atoms with van der Waals surface area (Å²) in [7, 11) is 1.56. The molecule has 0 aromatic heterocycles. The molecule has 4 rings (SSSR count). The summed E-state index contributed by atoms with van der Waals surface area (Å²) in [4.78, 5) is 40.9. The number of unbranched alkanes of at least 4 members (excludes halogenated alkanes) is 1. The number of rotatable bonds is 8. The van der Waals surface area contributed by atoms with Crippen molar-refractivity contribution in [3.63, 3.8) is 0 Å². The van der Waals surface area contributed by atoms with E-state index in [1.165, 1.54) is 0 Å². The topological polar surface area (TPSA) is 108 Å². The van der Waals surface area contributed by atoms with E-state index < -0.39 is 23.5 Å². The number of amides is 3. The van der Waals surface area contributed by atoms with E-state index in [0.717, 1.165) is 5.56 Å². The molecule has 0 aliphatic carbocycles. The highest BCUT2D eigenvalue weighted by Gasteiger charge is 2.74. The van der Waals surface area contributed by atoms with Gasteiger partial charge in [0.15, 0.2) is 0 Å². The van der Waals surface area contributed by atoms with E-state index in [1.54, 1.807) is 11.9 Å². The van der Waals surface area contributed by atoms with E-state index in [9.17, 15) is 14.4 Å². The molecule has 2 unspecified atom stereocenters. The maximum absolute atomic E-state index is 13.4. The van der Waals surface area contributed by atoms with Gasteiger partial charge in [-0.15, -0.1) is 0 Å². The number of nitrogens with one attached hydrogen (secondary N) is 2. The standard InChI is InChI=1S/C22H29N3O5/c1-23-19(27)16-15-9-10-22(30-15)17(16)21(29)25(11-5-6-12-26)18(22)20(28)24-13-14-7-3-2-4-8-14/h2-4,7-8,15-18,26H,5-6,9-13H2,1H3,(H,23,27)(H,24,28)/t15-,16+,17-,18?,22?/m0/s1. The molecule has 30 heavy (non-hydrogen) atoms. The molecule has 3 fully saturated rings. The van der Waals surface area contributed by atoms with Crippen molar-refractivity contribution >= 4 is 17.7 Å². The van der Waals surface area contributed by atoms with Gasteiger partial charge in [0.05, 0.1) is 17.9 Å².